The van der Waals surface area contributed by atoms with Gasteiger partial charge in [-0.25, -0.2) is 19.2 Å². The summed E-state index contributed by atoms with van der Waals surface area (Å²) in [6, 6.07) is 7.56. The minimum Gasteiger partial charge on any atom is -0.444 e. The van der Waals surface area contributed by atoms with Gasteiger partial charge in [0.15, 0.2) is 5.82 Å². The van der Waals surface area contributed by atoms with Crippen LogP contribution >= 0.6 is 11.6 Å². The third-order valence-electron chi connectivity index (χ3n) is 4.42. The lowest BCUT2D eigenvalue weighted by atomic mass is 9.89. The first kappa shape index (κ1) is 19.5. The highest BCUT2D eigenvalue weighted by Crippen LogP contribution is 2.31. The van der Waals surface area contributed by atoms with Gasteiger partial charge in [-0.1, -0.05) is 18.2 Å². The Hall–Kier alpha value is -2.21. The van der Waals surface area contributed by atoms with E-state index in [0.29, 0.717) is 18.7 Å². The van der Waals surface area contributed by atoms with Crippen LogP contribution in [0, 0.1) is 5.82 Å². The number of rotatable bonds is 2. The van der Waals surface area contributed by atoms with Gasteiger partial charge < -0.3 is 9.64 Å². The van der Waals surface area contributed by atoms with Gasteiger partial charge in [-0.15, -0.1) is 0 Å². The molecule has 0 radical (unpaired) electrons. The molecule has 1 unspecified atom stereocenters. The molecule has 1 atom stereocenters. The molecular formula is C20H23ClFN3O2. The summed E-state index contributed by atoms with van der Waals surface area (Å²) >= 11 is 5.81. The highest BCUT2D eigenvalue weighted by atomic mass is 35.5. The number of hydrogen-bond donors (Lipinski definition) is 0. The number of hydrogen-bond acceptors (Lipinski definition) is 4. The molecule has 0 saturated carbocycles. The topological polar surface area (TPSA) is 55.3 Å². The molecule has 1 aliphatic heterocycles. The van der Waals surface area contributed by atoms with Crippen LogP contribution in [0.25, 0.3) is 11.3 Å². The average molecular weight is 392 g/mol. The minimum absolute atomic E-state index is 0.00516. The lowest BCUT2D eigenvalue weighted by molar-refractivity contribution is 0.0198. The third-order valence-corrected chi connectivity index (χ3v) is 4.60. The van der Waals surface area contributed by atoms with Crippen molar-refractivity contribution in [1.29, 1.82) is 0 Å². The van der Waals surface area contributed by atoms with Crippen molar-refractivity contribution >= 4 is 17.7 Å². The summed E-state index contributed by atoms with van der Waals surface area (Å²) in [5.74, 6) is -0.359. The number of carbonyl (C=O) groups is 1. The van der Waals surface area contributed by atoms with Gasteiger partial charge >= 0.3 is 6.09 Å². The monoisotopic (exact) mass is 391 g/mol. The van der Waals surface area contributed by atoms with E-state index in [9.17, 15) is 9.18 Å². The molecule has 27 heavy (non-hydrogen) atoms. The average Bonchev–Trinajstić information content (AvgIpc) is 2.62. The smallest absolute Gasteiger partial charge is 0.410 e. The van der Waals surface area contributed by atoms with Crippen LogP contribution in [0.3, 0.4) is 0 Å². The molecule has 0 N–H and O–H groups in total. The van der Waals surface area contributed by atoms with E-state index in [-0.39, 0.29) is 23.0 Å². The van der Waals surface area contributed by atoms with E-state index in [4.69, 9.17) is 16.3 Å². The van der Waals surface area contributed by atoms with E-state index < -0.39 is 11.4 Å². The van der Waals surface area contributed by atoms with Gasteiger partial charge in [0.1, 0.15) is 11.3 Å². The number of amides is 1. The van der Waals surface area contributed by atoms with E-state index in [2.05, 4.69) is 9.97 Å². The van der Waals surface area contributed by atoms with E-state index in [1.807, 2.05) is 39.0 Å². The number of aromatic nitrogens is 2. The Morgan fingerprint density at radius 1 is 1.37 bits per heavy atom. The van der Waals surface area contributed by atoms with Crippen molar-refractivity contribution in [2.24, 2.45) is 0 Å². The second-order valence-electron chi connectivity index (χ2n) is 7.73. The van der Waals surface area contributed by atoms with E-state index >= 15 is 0 Å². The van der Waals surface area contributed by atoms with Crippen molar-refractivity contribution in [1.82, 2.24) is 14.9 Å². The number of halogens is 2. The van der Waals surface area contributed by atoms with Gasteiger partial charge in [0.25, 0.3) is 0 Å². The molecule has 3 rings (SSSR count). The molecule has 1 aromatic heterocycles. The Morgan fingerprint density at radius 3 is 2.89 bits per heavy atom. The van der Waals surface area contributed by atoms with Crippen LogP contribution in [0.4, 0.5) is 9.18 Å². The van der Waals surface area contributed by atoms with Gasteiger partial charge in [0, 0.05) is 24.6 Å². The van der Waals surface area contributed by atoms with Crippen LogP contribution < -0.4 is 0 Å². The van der Waals surface area contributed by atoms with Crippen molar-refractivity contribution in [2.45, 2.75) is 45.1 Å². The molecule has 5 nitrogen and oxygen atoms in total. The first-order valence-electron chi connectivity index (χ1n) is 8.99. The number of nitrogens with zero attached hydrogens (tertiary/aromatic N) is 3. The molecule has 0 aliphatic carbocycles. The Labute approximate surface area is 163 Å². The van der Waals surface area contributed by atoms with Crippen LogP contribution in [0.1, 0.15) is 45.1 Å². The Morgan fingerprint density at radius 2 is 2.15 bits per heavy atom. The number of carbonyl (C=O) groups excluding carboxylic acids is 1. The van der Waals surface area contributed by atoms with Crippen LogP contribution in [-0.4, -0.2) is 39.7 Å². The predicted molar refractivity (Wildman–Crippen MR) is 102 cm³/mol. The zero-order valence-electron chi connectivity index (χ0n) is 15.7. The molecule has 0 bridgehead atoms. The molecule has 7 heteroatoms. The predicted octanol–water partition coefficient (Wildman–Crippen LogP) is 5.05. The molecule has 1 saturated heterocycles. The lowest BCUT2D eigenvalue weighted by Gasteiger charge is -2.34. The minimum atomic E-state index is -0.520. The summed E-state index contributed by atoms with van der Waals surface area (Å²) in [7, 11) is 0. The van der Waals surface area contributed by atoms with Crippen LogP contribution in [0.15, 0.2) is 30.5 Å². The Kier molecular flexibility index (Phi) is 5.65. The van der Waals surface area contributed by atoms with Crippen LogP contribution in [0.5, 0.6) is 0 Å². The van der Waals surface area contributed by atoms with Crippen molar-refractivity contribution < 1.29 is 13.9 Å². The maximum absolute atomic E-state index is 14.1. The van der Waals surface area contributed by atoms with Gasteiger partial charge in [0.05, 0.1) is 6.20 Å². The fourth-order valence-electron chi connectivity index (χ4n) is 3.23. The van der Waals surface area contributed by atoms with Crippen molar-refractivity contribution in [2.75, 3.05) is 13.1 Å². The maximum Gasteiger partial charge on any atom is 0.410 e. The number of piperidine rings is 1. The summed E-state index contributed by atoms with van der Waals surface area (Å²) < 4.78 is 19.6. The lowest BCUT2D eigenvalue weighted by Crippen LogP contribution is -2.42. The van der Waals surface area contributed by atoms with Gasteiger partial charge in [0.2, 0.25) is 5.28 Å². The van der Waals surface area contributed by atoms with Gasteiger partial charge in [-0.05, 0) is 56.8 Å². The second kappa shape index (κ2) is 7.80. The summed E-state index contributed by atoms with van der Waals surface area (Å²) in [6.45, 7) is 6.83. The highest BCUT2D eigenvalue weighted by Gasteiger charge is 2.28. The molecule has 0 spiro atoms. The first-order chi connectivity index (χ1) is 12.7. The van der Waals surface area contributed by atoms with Crippen molar-refractivity contribution in [3.63, 3.8) is 0 Å². The molecule has 1 fully saturated rings. The quantitative estimate of drug-likeness (QED) is 0.672. The first-order valence-corrected chi connectivity index (χ1v) is 9.37. The largest absolute Gasteiger partial charge is 0.444 e. The van der Waals surface area contributed by atoms with E-state index in [1.165, 1.54) is 0 Å². The number of benzene rings is 1. The zero-order chi connectivity index (χ0) is 19.6. The van der Waals surface area contributed by atoms with Gasteiger partial charge in [-0.2, -0.15) is 0 Å². The van der Waals surface area contributed by atoms with Crippen molar-refractivity contribution in [3.05, 3.63) is 47.1 Å². The summed E-state index contributed by atoms with van der Waals surface area (Å²) in [5, 5.41) is 0.00516. The van der Waals surface area contributed by atoms with E-state index in [1.54, 1.807) is 11.0 Å². The SMILES string of the molecule is CC(C)(C)OC(=O)N1CCCC(c2cccc(-c3nc(Cl)ncc3F)c2)C1. The summed E-state index contributed by atoms with van der Waals surface area (Å²) in [6.07, 6.45) is 2.62. The highest BCUT2D eigenvalue weighted by molar-refractivity contribution is 6.28. The number of likely N-dealkylation sites (tertiary alicyclic amines) is 1. The molecule has 2 aromatic rings. The molecule has 1 aromatic carbocycles. The maximum atomic E-state index is 14.1. The standard InChI is InChI=1S/C20H23ClFN3O2/c1-20(2,3)27-19(26)25-9-5-8-15(12-25)13-6-4-7-14(10-13)17-16(22)11-23-18(21)24-17/h4,6-7,10-11,15H,5,8-9,12H2,1-3H3. The Bertz CT molecular complexity index is 838. The molecule has 1 aliphatic rings. The van der Waals surface area contributed by atoms with Crippen molar-refractivity contribution in [3.8, 4) is 11.3 Å². The fraction of sp³-hybridized carbons (Fsp3) is 0.450. The zero-order valence-corrected chi connectivity index (χ0v) is 16.5. The molecular weight excluding hydrogens is 369 g/mol. The molecule has 144 valence electrons. The van der Waals surface area contributed by atoms with E-state index in [0.717, 1.165) is 24.6 Å². The Balaban J connectivity index is 1.80. The van der Waals surface area contributed by atoms with Crippen LogP contribution in [0.2, 0.25) is 5.28 Å². The molecule has 2 heterocycles. The normalized spacial score (nSPS) is 17.7. The number of ether oxygens (including phenoxy) is 1. The molecule has 1 amide bonds. The van der Waals surface area contributed by atoms with Gasteiger partial charge in [-0.3, -0.25) is 0 Å². The second-order valence-corrected chi connectivity index (χ2v) is 8.06. The third kappa shape index (κ3) is 4.95. The van der Waals surface area contributed by atoms with Crippen LogP contribution in [-0.2, 0) is 4.74 Å². The summed E-state index contributed by atoms with van der Waals surface area (Å²) in [5.41, 5.74) is 1.34. The summed E-state index contributed by atoms with van der Waals surface area (Å²) in [4.78, 5) is 21.8. The fourth-order valence-corrected chi connectivity index (χ4v) is 3.36.